The number of amides is 1. The molecule has 0 bridgehead atoms. The van der Waals surface area contributed by atoms with E-state index in [9.17, 15) is 14.7 Å². The number of carbonyl (C=O) groups is 2. The Balaban J connectivity index is 2.21. The van der Waals surface area contributed by atoms with Gasteiger partial charge in [0.25, 0.3) is 11.7 Å². The fourth-order valence-corrected chi connectivity index (χ4v) is 3.92. The van der Waals surface area contributed by atoms with Gasteiger partial charge in [0.05, 0.1) is 36.5 Å². The maximum Gasteiger partial charge on any atom is 0.295 e. The molecule has 1 atom stereocenters. The molecular weight excluding hydrogens is 434 g/mol. The summed E-state index contributed by atoms with van der Waals surface area (Å²) in [7, 11) is 2.99. The molecule has 1 fully saturated rings. The van der Waals surface area contributed by atoms with E-state index >= 15 is 0 Å². The van der Waals surface area contributed by atoms with Gasteiger partial charge in [0.15, 0.2) is 0 Å². The van der Waals surface area contributed by atoms with E-state index < -0.39 is 17.7 Å². The summed E-state index contributed by atoms with van der Waals surface area (Å²) in [6, 6.07) is 11.0. The number of Topliss-reactive ketones (excluding diaryl/α,β-unsaturated/α-hetero) is 1. The average molecular weight is 460 g/mol. The number of aliphatic hydroxyl groups excluding tert-OH is 1. The lowest BCUT2D eigenvalue weighted by atomic mass is 9.94. The number of nitrogens with zero attached hydrogens (tertiary/aromatic N) is 1. The molecule has 3 rings (SSSR count). The van der Waals surface area contributed by atoms with Crippen molar-refractivity contribution in [3.63, 3.8) is 0 Å². The van der Waals surface area contributed by atoms with Gasteiger partial charge in [-0.3, -0.25) is 9.59 Å². The first-order chi connectivity index (χ1) is 15.3. The van der Waals surface area contributed by atoms with Crippen LogP contribution in [0.1, 0.15) is 31.0 Å². The number of ketones is 1. The Hall–Kier alpha value is -3.03. The topological polar surface area (TPSA) is 85.3 Å². The maximum atomic E-state index is 13.1. The number of hydrogen-bond donors (Lipinski definition) is 1. The summed E-state index contributed by atoms with van der Waals surface area (Å²) in [5.41, 5.74) is 0.859. The highest BCUT2D eigenvalue weighted by Gasteiger charge is 2.47. The number of carbonyl (C=O) groups excluding carboxylic acids is 2. The highest BCUT2D eigenvalue weighted by molar-refractivity contribution is 6.46. The molecule has 32 heavy (non-hydrogen) atoms. The Labute approximate surface area is 192 Å². The second kappa shape index (κ2) is 10.1. The molecule has 1 heterocycles. The molecule has 1 aliphatic rings. The summed E-state index contributed by atoms with van der Waals surface area (Å²) in [5, 5.41) is 11.4. The van der Waals surface area contributed by atoms with E-state index in [4.69, 9.17) is 25.8 Å². The summed E-state index contributed by atoms with van der Waals surface area (Å²) in [6.07, 6.45) is -0.127. The third kappa shape index (κ3) is 4.59. The van der Waals surface area contributed by atoms with Crippen LogP contribution in [0.3, 0.4) is 0 Å². The lowest BCUT2D eigenvalue weighted by molar-refractivity contribution is -0.140. The second-order valence-corrected chi connectivity index (χ2v) is 7.95. The monoisotopic (exact) mass is 459 g/mol. The van der Waals surface area contributed by atoms with Gasteiger partial charge >= 0.3 is 0 Å². The van der Waals surface area contributed by atoms with E-state index in [1.54, 1.807) is 30.3 Å². The lowest BCUT2D eigenvalue weighted by Crippen LogP contribution is -2.33. The summed E-state index contributed by atoms with van der Waals surface area (Å²) >= 11 is 6.22. The van der Waals surface area contributed by atoms with Crippen LogP contribution in [-0.2, 0) is 14.3 Å². The Morgan fingerprint density at radius 1 is 1.12 bits per heavy atom. The van der Waals surface area contributed by atoms with Crippen molar-refractivity contribution in [2.75, 3.05) is 27.4 Å². The molecule has 170 valence electrons. The highest BCUT2D eigenvalue weighted by atomic mass is 35.5. The van der Waals surface area contributed by atoms with E-state index in [1.165, 1.54) is 25.2 Å². The molecule has 0 spiro atoms. The Morgan fingerprint density at radius 2 is 1.84 bits per heavy atom. The minimum atomic E-state index is -0.846. The molecule has 1 aliphatic heterocycles. The molecule has 1 unspecified atom stereocenters. The Morgan fingerprint density at radius 3 is 2.47 bits per heavy atom. The first kappa shape index (κ1) is 23.6. The third-order valence-corrected chi connectivity index (χ3v) is 5.37. The van der Waals surface area contributed by atoms with Crippen LogP contribution >= 0.6 is 11.6 Å². The standard InChI is InChI=1S/C24H26ClNO6/c1-14(2)32-18-8-6-5-7-16(18)21-20(23(28)24(29)26(21)11-12-30-3)22(27)15-9-10-19(31-4)17(25)13-15/h5-10,13-14,21,27H,11-12H2,1-4H3/b22-20-. The van der Waals surface area contributed by atoms with Gasteiger partial charge in [-0.05, 0) is 38.1 Å². The molecule has 0 radical (unpaired) electrons. The highest BCUT2D eigenvalue weighted by Crippen LogP contribution is 2.43. The average Bonchev–Trinajstić information content (AvgIpc) is 3.01. The largest absolute Gasteiger partial charge is 0.507 e. The summed E-state index contributed by atoms with van der Waals surface area (Å²) in [4.78, 5) is 27.4. The molecule has 1 saturated heterocycles. The van der Waals surface area contributed by atoms with Crippen LogP contribution in [0.15, 0.2) is 48.0 Å². The fourth-order valence-electron chi connectivity index (χ4n) is 3.66. The van der Waals surface area contributed by atoms with Crippen molar-refractivity contribution in [3.05, 3.63) is 64.2 Å². The SMILES string of the molecule is COCCN1C(=O)C(=O)/C(=C(\O)c2ccc(OC)c(Cl)c2)C1c1ccccc1OC(C)C. The Bertz CT molecular complexity index is 1050. The zero-order valence-electron chi connectivity index (χ0n) is 18.4. The number of ether oxygens (including phenoxy) is 3. The summed E-state index contributed by atoms with van der Waals surface area (Å²) in [5.74, 6) is -0.869. The van der Waals surface area contributed by atoms with Crippen molar-refractivity contribution in [3.8, 4) is 11.5 Å². The van der Waals surface area contributed by atoms with Crippen molar-refractivity contribution in [1.82, 2.24) is 4.90 Å². The van der Waals surface area contributed by atoms with Gasteiger partial charge in [0.2, 0.25) is 0 Å². The number of likely N-dealkylation sites (tertiary alicyclic amines) is 1. The quantitative estimate of drug-likeness (QED) is 0.361. The van der Waals surface area contributed by atoms with Crippen LogP contribution in [0.5, 0.6) is 11.5 Å². The number of benzene rings is 2. The van der Waals surface area contributed by atoms with Crippen LogP contribution in [0, 0.1) is 0 Å². The number of para-hydroxylation sites is 1. The molecule has 1 N–H and O–H groups in total. The van der Waals surface area contributed by atoms with Gasteiger partial charge < -0.3 is 24.2 Å². The van der Waals surface area contributed by atoms with E-state index in [0.717, 1.165) is 0 Å². The molecule has 7 nitrogen and oxygen atoms in total. The molecule has 0 aliphatic carbocycles. The molecular formula is C24H26ClNO6. The van der Waals surface area contributed by atoms with E-state index in [0.29, 0.717) is 22.6 Å². The number of rotatable bonds is 8. The lowest BCUT2D eigenvalue weighted by Gasteiger charge is -2.27. The van der Waals surface area contributed by atoms with Crippen LogP contribution < -0.4 is 9.47 Å². The molecule has 0 aromatic heterocycles. The van der Waals surface area contributed by atoms with Gasteiger partial charge in [-0.25, -0.2) is 0 Å². The van der Waals surface area contributed by atoms with E-state index in [-0.39, 0.29) is 35.6 Å². The van der Waals surface area contributed by atoms with Crippen LogP contribution in [0.25, 0.3) is 5.76 Å². The summed E-state index contributed by atoms with van der Waals surface area (Å²) in [6.45, 7) is 4.17. The van der Waals surface area contributed by atoms with Crippen LogP contribution in [-0.4, -0.2) is 55.2 Å². The second-order valence-electron chi connectivity index (χ2n) is 7.54. The van der Waals surface area contributed by atoms with Gasteiger partial charge in [0.1, 0.15) is 17.3 Å². The number of halogens is 1. The minimum Gasteiger partial charge on any atom is -0.507 e. The predicted molar refractivity (Wildman–Crippen MR) is 121 cm³/mol. The van der Waals surface area contributed by atoms with Gasteiger partial charge in [-0.2, -0.15) is 0 Å². The van der Waals surface area contributed by atoms with Gasteiger partial charge in [-0.15, -0.1) is 0 Å². The van der Waals surface area contributed by atoms with Gasteiger partial charge in [0, 0.05) is 24.8 Å². The molecule has 0 saturated carbocycles. The smallest absolute Gasteiger partial charge is 0.295 e. The zero-order chi connectivity index (χ0) is 23.4. The van der Waals surface area contributed by atoms with Gasteiger partial charge in [-0.1, -0.05) is 29.8 Å². The molecule has 2 aromatic rings. The normalized spacial score (nSPS) is 17.8. The fraction of sp³-hybridized carbons (Fsp3) is 0.333. The number of methoxy groups -OCH3 is 2. The Kier molecular flexibility index (Phi) is 7.43. The van der Waals surface area contributed by atoms with Crippen molar-refractivity contribution < 1.29 is 28.9 Å². The first-order valence-electron chi connectivity index (χ1n) is 10.2. The predicted octanol–water partition coefficient (Wildman–Crippen LogP) is 4.20. The van der Waals surface area contributed by atoms with E-state index in [2.05, 4.69) is 0 Å². The molecule has 1 amide bonds. The molecule has 8 heteroatoms. The van der Waals surface area contributed by atoms with Crippen LogP contribution in [0.2, 0.25) is 5.02 Å². The third-order valence-electron chi connectivity index (χ3n) is 5.08. The zero-order valence-corrected chi connectivity index (χ0v) is 19.2. The van der Waals surface area contributed by atoms with Crippen molar-refractivity contribution in [2.24, 2.45) is 0 Å². The summed E-state index contributed by atoms with van der Waals surface area (Å²) < 4.78 is 16.2. The first-order valence-corrected chi connectivity index (χ1v) is 10.5. The van der Waals surface area contributed by atoms with Crippen LogP contribution in [0.4, 0.5) is 0 Å². The maximum absolute atomic E-state index is 13.1. The van der Waals surface area contributed by atoms with E-state index in [1.807, 2.05) is 19.9 Å². The van der Waals surface area contributed by atoms with Crippen molar-refractivity contribution in [2.45, 2.75) is 26.0 Å². The molecule has 2 aromatic carbocycles. The minimum absolute atomic E-state index is 0.0351. The number of aliphatic hydroxyl groups is 1. The number of hydrogen-bond acceptors (Lipinski definition) is 6. The van der Waals surface area contributed by atoms with Crippen molar-refractivity contribution >= 4 is 29.1 Å². The van der Waals surface area contributed by atoms with Crippen molar-refractivity contribution in [1.29, 1.82) is 0 Å².